The summed E-state index contributed by atoms with van der Waals surface area (Å²) in [5.41, 5.74) is 0. The molecule has 19 heteroatoms. The predicted octanol–water partition coefficient (Wildman–Crippen LogP) is 22.8. The first-order valence-corrected chi connectivity index (χ1v) is 43.2. The van der Waals surface area contributed by atoms with Crippen molar-refractivity contribution in [2.75, 3.05) is 39.6 Å². The van der Waals surface area contributed by atoms with Gasteiger partial charge in [-0.05, 0) is 49.4 Å². The first kappa shape index (κ1) is 95.1. The van der Waals surface area contributed by atoms with E-state index in [1.807, 2.05) is 0 Å². The van der Waals surface area contributed by atoms with Gasteiger partial charge in [0, 0.05) is 25.7 Å². The first-order chi connectivity index (χ1) is 46.6. The smallest absolute Gasteiger partial charge is 0.462 e. The highest BCUT2D eigenvalue weighted by atomic mass is 31.2. The van der Waals surface area contributed by atoms with Gasteiger partial charge in [-0.3, -0.25) is 37.3 Å². The topological polar surface area (TPSA) is 237 Å². The van der Waals surface area contributed by atoms with E-state index in [-0.39, 0.29) is 25.7 Å². The number of rotatable bonds is 75. The molecule has 4 unspecified atom stereocenters. The lowest BCUT2D eigenvalue weighted by molar-refractivity contribution is -0.161. The van der Waals surface area contributed by atoms with E-state index in [9.17, 15) is 43.2 Å². The maximum Gasteiger partial charge on any atom is 0.472 e. The highest BCUT2D eigenvalue weighted by molar-refractivity contribution is 7.47. The quantitative estimate of drug-likeness (QED) is 0.0222. The summed E-state index contributed by atoms with van der Waals surface area (Å²) in [7, 11) is -9.92. The molecule has 0 spiro atoms. The lowest BCUT2D eigenvalue weighted by Gasteiger charge is -2.21. The molecule has 0 aliphatic heterocycles. The van der Waals surface area contributed by atoms with E-state index < -0.39 is 97.5 Å². The van der Waals surface area contributed by atoms with Crippen LogP contribution in [0, 0.1) is 23.7 Å². The summed E-state index contributed by atoms with van der Waals surface area (Å²) in [5.74, 6) is 0.956. The van der Waals surface area contributed by atoms with E-state index >= 15 is 0 Å². The van der Waals surface area contributed by atoms with Crippen molar-refractivity contribution in [1.29, 1.82) is 0 Å². The van der Waals surface area contributed by atoms with Gasteiger partial charge in [0.25, 0.3) is 0 Å². The highest BCUT2D eigenvalue weighted by Gasteiger charge is 2.30. The minimum absolute atomic E-state index is 0.105. The lowest BCUT2D eigenvalue weighted by Crippen LogP contribution is -2.30. The number of hydrogen-bond acceptors (Lipinski definition) is 15. The van der Waals surface area contributed by atoms with Gasteiger partial charge >= 0.3 is 39.5 Å². The molecule has 0 amide bonds. The molecule has 0 fully saturated rings. The second-order valence-electron chi connectivity index (χ2n) is 29.8. The van der Waals surface area contributed by atoms with Crippen molar-refractivity contribution in [3.63, 3.8) is 0 Å². The van der Waals surface area contributed by atoms with Crippen molar-refractivity contribution >= 4 is 39.5 Å². The highest BCUT2D eigenvalue weighted by Crippen LogP contribution is 2.45. The summed E-state index contributed by atoms with van der Waals surface area (Å²) in [5, 5.41) is 10.6. The Bertz CT molecular complexity index is 1900. The number of hydrogen-bond donors (Lipinski definition) is 3. The van der Waals surface area contributed by atoms with E-state index in [0.717, 1.165) is 114 Å². The van der Waals surface area contributed by atoms with Crippen molar-refractivity contribution in [2.24, 2.45) is 23.7 Å². The largest absolute Gasteiger partial charge is 0.472 e. The zero-order chi connectivity index (χ0) is 71.7. The molecule has 0 saturated heterocycles. The molecule has 0 aliphatic carbocycles. The Morgan fingerprint density at radius 2 is 0.495 bits per heavy atom. The van der Waals surface area contributed by atoms with E-state index in [2.05, 4.69) is 55.4 Å². The maximum atomic E-state index is 13.1. The molecule has 17 nitrogen and oxygen atoms in total. The van der Waals surface area contributed by atoms with Gasteiger partial charge in [0.15, 0.2) is 12.2 Å². The zero-order valence-electron chi connectivity index (χ0n) is 63.7. The van der Waals surface area contributed by atoms with Crippen molar-refractivity contribution in [2.45, 2.75) is 414 Å². The number of ether oxygens (including phenoxy) is 4. The van der Waals surface area contributed by atoms with Crippen molar-refractivity contribution < 1.29 is 80.2 Å². The van der Waals surface area contributed by atoms with Crippen LogP contribution in [0.2, 0.25) is 0 Å². The van der Waals surface area contributed by atoms with Crippen LogP contribution in [0.3, 0.4) is 0 Å². The Kier molecular flexibility index (Phi) is 65.9. The number of carbonyl (C=O) groups is 4. The third kappa shape index (κ3) is 70.9. The summed E-state index contributed by atoms with van der Waals surface area (Å²) in [6, 6.07) is 0. The molecule has 0 bridgehead atoms. The van der Waals surface area contributed by atoms with Gasteiger partial charge in [-0.25, -0.2) is 9.13 Å². The Morgan fingerprint density at radius 1 is 0.289 bits per heavy atom. The average Bonchev–Trinajstić information content (AvgIpc) is 1.50. The molecule has 97 heavy (non-hydrogen) atoms. The number of unbranched alkanes of at least 4 members (excludes halogenated alkanes) is 40. The average molecular weight is 1420 g/mol. The predicted molar refractivity (Wildman–Crippen MR) is 395 cm³/mol. The molecule has 0 rings (SSSR count). The van der Waals surface area contributed by atoms with Gasteiger partial charge in [-0.2, -0.15) is 0 Å². The van der Waals surface area contributed by atoms with E-state index in [1.54, 1.807) is 0 Å². The van der Waals surface area contributed by atoms with Crippen molar-refractivity contribution in [3.05, 3.63) is 0 Å². The van der Waals surface area contributed by atoms with E-state index in [1.165, 1.54) is 199 Å². The number of phosphoric ester groups is 2. The molecule has 0 aromatic heterocycles. The molecule has 6 atom stereocenters. The van der Waals surface area contributed by atoms with Crippen LogP contribution < -0.4 is 0 Å². The number of aliphatic hydroxyl groups excluding tert-OH is 1. The number of esters is 4. The fraction of sp³-hybridized carbons (Fsp3) is 0.949. The molecule has 0 saturated carbocycles. The van der Waals surface area contributed by atoms with Gasteiger partial charge in [-0.1, -0.05) is 344 Å². The second kappa shape index (κ2) is 67.2. The van der Waals surface area contributed by atoms with E-state index in [4.69, 9.17) is 37.0 Å². The molecule has 3 N–H and O–H groups in total. The van der Waals surface area contributed by atoms with Gasteiger partial charge in [0.2, 0.25) is 0 Å². The summed E-state index contributed by atoms with van der Waals surface area (Å²) in [4.78, 5) is 72.9. The molecule has 0 aromatic rings. The third-order valence-corrected chi connectivity index (χ3v) is 20.3. The van der Waals surface area contributed by atoms with Gasteiger partial charge in [0.05, 0.1) is 26.4 Å². The normalized spacial score (nSPS) is 14.4. The molecule has 0 heterocycles. The number of carbonyl (C=O) groups excluding carboxylic acids is 4. The summed E-state index contributed by atoms with van der Waals surface area (Å²) in [6.07, 6.45) is 52.8. The van der Waals surface area contributed by atoms with Crippen LogP contribution in [0.1, 0.15) is 396 Å². The van der Waals surface area contributed by atoms with Gasteiger partial charge < -0.3 is 33.8 Å². The Labute approximate surface area is 594 Å². The molecule has 0 aromatic carbocycles. The summed E-state index contributed by atoms with van der Waals surface area (Å²) in [6.45, 7) is 14.2. The minimum atomic E-state index is -4.96. The van der Waals surface area contributed by atoms with Crippen LogP contribution in [0.25, 0.3) is 0 Å². The van der Waals surface area contributed by atoms with Crippen LogP contribution in [0.4, 0.5) is 0 Å². The molecule has 0 radical (unpaired) electrons. The lowest BCUT2D eigenvalue weighted by atomic mass is 9.99. The van der Waals surface area contributed by atoms with Gasteiger partial charge in [0.1, 0.15) is 19.3 Å². The van der Waals surface area contributed by atoms with Crippen LogP contribution in [-0.2, 0) is 65.4 Å². The fourth-order valence-corrected chi connectivity index (χ4v) is 13.5. The Morgan fingerprint density at radius 3 is 0.732 bits per heavy atom. The Hall–Kier alpha value is -1.94. The molecular formula is C78H152O17P2. The van der Waals surface area contributed by atoms with Gasteiger partial charge in [-0.15, -0.1) is 0 Å². The van der Waals surface area contributed by atoms with Crippen molar-refractivity contribution in [3.8, 4) is 0 Å². The zero-order valence-corrected chi connectivity index (χ0v) is 65.5. The molecule has 576 valence electrons. The van der Waals surface area contributed by atoms with Crippen LogP contribution >= 0.6 is 15.6 Å². The first-order valence-electron chi connectivity index (χ1n) is 40.2. The maximum absolute atomic E-state index is 13.1. The monoisotopic (exact) mass is 1420 g/mol. The minimum Gasteiger partial charge on any atom is -0.462 e. The number of aliphatic hydroxyl groups is 1. The fourth-order valence-electron chi connectivity index (χ4n) is 11.9. The second-order valence-corrected chi connectivity index (χ2v) is 32.7. The Balaban J connectivity index is 5.21. The third-order valence-electron chi connectivity index (χ3n) is 18.4. The summed E-state index contributed by atoms with van der Waals surface area (Å²) < 4.78 is 68.6. The van der Waals surface area contributed by atoms with Crippen LogP contribution in [0.15, 0.2) is 0 Å². The van der Waals surface area contributed by atoms with Crippen LogP contribution in [-0.4, -0.2) is 96.7 Å². The van der Waals surface area contributed by atoms with E-state index in [0.29, 0.717) is 25.7 Å². The molecule has 0 aliphatic rings. The SMILES string of the molecule is CCC(C)CCCCCCCCCCCCC(=O)O[C@H](COC(=O)CCCCCCCCCCC(C)C)COP(=O)(O)OCC(O)COP(=O)(O)OC[C@@H](COC(=O)CCCCCCCCCCC(C)C)OC(=O)CCCCCCCCCCCCCCCCCCCCC(C)C. The standard InChI is InChI=1S/C78H152O17P2/c1-9-71(8)57-49-41-33-23-20-21-25-37-45-53-61-78(83)95-74(65-89-76(81)59-51-43-35-29-27-32-40-48-56-70(6)7)67-93-97(86,87)91-63-72(79)62-90-96(84,85)92-66-73(64-88-75(80)58-50-42-34-28-26-31-39-47-55-69(4)5)94-77(82)60-52-44-36-24-19-17-15-13-11-10-12-14-16-18-22-30-38-46-54-68(2)3/h68-74,79H,9-67H2,1-8H3,(H,84,85)(H,86,87)/t71?,72?,73-,74-/m1/s1. The molecular weight excluding hydrogens is 1270 g/mol. The van der Waals surface area contributed by atoms with Crippen molar-refractivity contribution in [1.82, 2.24) is 0 Å². The number of phosphoric acid groups is 2. The van der Waals surface area contributed by atoms with Crippen LogP contribution in [0.5, 0.6) is 0 Å². The summed E-state index contributed by atoms with van der Waals surface area (Å²) >= 11 is 0.